The fourth-order valence-corrected chi connectivity index (χ4v) is 2.17. The molecule has 0 fully saturated rings. The number of nitrogen functional groups attached to an aromatic ring is 1. The molecule has 88 valence electrons. The number of nitrogens with two attached hydrogens (primary N) is 1. The second kappa shape index (κ2) is 3.80. The van der Waals surface area contributed by atoms with Crippen molar-refractivity contribution >= 4 is 17.0 Å². The highest BCUT2D eigenvalue weighted by Crippen LogP contribution is 2.27. The fourth-order valence-electron chi connectivity index (χ4n) is 2.17. The van der Waals surface area contributed by atoms with Crippen molar-refractivity contribution in [2.24, 2.45) is 5.92 Å². The minimum absolute atomic E-state index is 0.0199. The van der Waals surface area contributed by atoms with Crippen LogP contribution in [-0.4, -0.2) is 19.5 Å². The number of anilines is 1. The average molecular weight is 233 g/mol. The molecule has 2 aromatic rings. The van der Waals surface area contributed by atoms with Crippen LogP contribution < -0.4 is 5.73 Å². The summed E-state index contributed by atoms with van der Waals surface area (Å²) in [6.45, 7) is 0.681. The van der Waals surface area contributed by atoms with Gasteiger partial charge in [0.05, 0.1) is 12.2 Å². The Morgan fingerprint density at radius 3 is 3.06 bits per heavy atom. The average Bonchev–Trinajstić information content (AvgIpc) is 2.88. The first kappa shape index (κ1) is 10.2. The number of aromatic nitrogens is 4. The van der Waals surface area contributed by atoms with Crippen LogP contribution in [0.25, 0.3) is 11.2 Å². The number of hydrogen-bond donors (Lipinski definition) is 1. The standard InChI is InChI=1S/C11H12FN5/c12-8-2-1-7(3-8)4-17-6-16-9-10(13)14-5-15-11(9)17/h3,5-7H,1-2,4H2,(H2,13,14,15)/t7-/m1/s1. The van der Waals surface area contributed by atoms with E-state index >= 15 is 0 Å². The summed E-state index contributed by atoms with van der Waals surface area (Å²) in [6.07, 6.45) is 6.15. The lowest BCUT2D eigenvalue weighted by atomic mass is 10.1. The molecule has 1 atom stereocenters. The summed E-state index contributed by atoms with van der Waals surface area (Å²) < 4.78 is 14.9. The number of allylic oxidation sites excluding steroid dienone is 2. The van der Waals surface area contributed by atoms with Crippen molar-refractivity contribution in [3.8, 4) is 0 Å². The van der Waals surface area contributed by atoms with Crippen molar-refractivity contribution in [1.82, 2.24) is 19.5 Å². The highest BCUT2D eigenvalue weighted by atomic mass is 19.1. The molecular formula is C11H12FN5. The van der Waals surface area contributed by atoms with Gasteiger partial charge in [0.2, 0.25) is 0 Å². The minimum Gasteiger partial charge on any atom is -0.382 e. The predicted octanol–water partition coefficient (Wildman–Crippen LogP) is 1.67. The normalized spacial score (nSPS) is 19.8. The van der Waals surface area contributed by atoms with Crippen molar-refractivity contribution in [2.75, 3.05) is 5.73 Å². The van der Waals surface area contributed by atoms with E-state index in [0.29, 0.717) is 29.9 Å². The number of imidazole rings is 1. The molecule has 5 nitrogen and oxygen atoms in total. The molecule has 0 unspecified atom stereocenters. The van der Waals surface area contributed by atoms with Crippen molar-refractivity contribution in [3.63, 3.8) is 0 Å². The highest BCUT2D eigenvalue weighted by Gasteiger charge is 2.17. The van der Waals surface area contributed by atoms with Gasteiger partial charge in [-0.2, -0.15) is 0 Å². The van der Waals surface area contributed by atoms with E-state index in [0.717, 1.165) is 6.42 Å². The van der Waals surface area contributed by atoms with Gasteiger partial charge in [0.25, 0.3) is 0 Å². The predicted molar refractivity (Wildman–Crippen MR) is 61.7 cm³/mol. The van der Waals surface area contributed by atoms with Crippen LogP contribution in [0.3, 0.4) is 0 Å². The highest BCUT2D eigenvalue weighted by molar-refractivity contribution is 5.81. The zero-order valence-electron chi connectivity index (χ0n) is 9.17. The maximum absolute atomic E-state index is 13.0. The lowest BCUT2D eigenvalue weighted by Crippen LogP contribution is -2.06. The van der Waals surface area contributed by atoms with Gasteiger partial charge >= 0.3 is 0 Å². The molecule has 0 aromatic carbocycles. The van der Waals surface area contributed by atoms with E-state index < -0.39 is 0 Å². The molecule has 1 aliphatic rings. The quantitative estimate of drug-likeness (QED) is 0.856. The molecule has 2 N–H and O–H groups in total. The zero-order valence-corrected chi connectivity index (χ0v) is 9.17. The first-order valence-corrected chi connectivity index (χ1v) is 5.51. The topological polar surface area (TPSA) is 69.6 Å². The van der Waals surface area contributed by atoms with Gasteiger partial charge in [0.15, 0.2) is 11.5 Å². The van der Waals surface area contributed by atoms with E-state index in [1.807, 2.05) is 4.57 Å². The van der Waals surface area contributed by atoms with Gasteiger partial charge in [-0.1, -0.05) is 0 Å². The van der Waals surface area contributed by atoms with Gasteiger partial charge < -0.3 is 10.3 Å². The van der Waals surface area contributed by atoms with Crippen molar-refractivity contribution in [2.45, 2.75) is 19.4 Å². The third-order valence-corrected chi connectivity index (χ3v) is 3.03. The smallest absolute Gasteiger partial charge is 0.165 e. The van der Waals surface area contributed by atoms with Crippen LogP contribution in [0, 0.1) is 5.92 Å². The largest absolute Gasteiger partial charge is 0.382 e. The molecule has 3 rings (SSSR count). The van der Waals surface area contributed by atoms with E-state index in [1.165, 1.54) is 6.33 Å². The molecular weight excluding hydrogens is 221 g/mol. The Labute approximate surface area is 97.2 Å². The minimum atomic E-state index is -0.0199. The number of nitrogens with zero attached hydrogens (tertiary/aromatic N) is 4. The van der Waals surface area contributed by atoms with Crippen molar-refractivity contribution < 1.29 is 4.39 Å². The van der Waals surface area contributed by atoms with Crippen LogP contribution in [0.15, 0.2) is 24.6 Å². The van der Waals surface area contributed by atoms with E-state index in [-0.39, 0.29) is 11.7 Å². The molecule has 0 saturated carbocycles. The van der Waals surface area contributed by atoms with E-state index in [9.17, 15) is 4.39 Å². The Bertz CT molecular complexity index is 589. The molecule has 0 aliphatic heterocycles. The lowest BCUT2D eigenvalue weighted by Gasteiger charge is -2.08. The van der Waals surface area contributed by atoms with Gasteiger partial charge in [-0.05, 0) is 24.8 Å². The maximum atomic E-state index is 13.0. The van der Waals surface area contributed by atoms with E-state index in [1.54, 1.807) is 12.4 Å². The Morgan fingerprint density at radius 1 is 1.41 bits per heavy atom. The van der Waals surface area contributed by atoms with Crippen molar-refractivity contribution in [3.05, 3.63) is 24.6 Å². The van der Waals surface area contributed by atoms with Crippen LogP contribution in [0.2, 0.25) is 0 Å². The molecule has 0 spiro atoms. The first-order chi connectivity index (χ1) is 8.24. The molecule has 0 amide bonds. The Hall–Kier alpha value is -1.98. The maximum Gasteiger partial charge on any atom is 0.165 e. The van der Waals surface area contributed by atoms with Gasteiger partial charge in [0.1, 0.15) is 11.8 Å². The molecule has 0 radical (unpaired) electrons. The second-order valence-electron chi connectivity index (χ2n) is 4.24. The summed E-state index contributed by atoms with van der Waals surface area (Å²) in [7, 11) is 0. The molecule has 17 heavy (non-hydrogen) atoms. The summed E-state index contributed by atoms with van der Waals surface area (Å²) in [5.41, 5.74) is 7.01. The first-order valence-electron chi connectivity index (χ1n) is 5.51. The summed E-state index contributed by atoms with van der Waals surface area (Å²) in [6, 6.07) is 0. The fraction of sp³-hybridized carbons (Fsp3) is 0.364. The molecule has 6 heteroatoms. The van der Waals surface area contributed by atoms with Crippen LogP contribution in [0.4, 0.5) is 10.2 Å². The lowest BCUT2D eigenvalue weighted by molar-refractivity contribution is 0.521. The van der Waals surface area contributed by atoms with Gasteiger partial charge in [-0.3, -0.25) is 0 Å². The van der Waals surface area contributed by atoms with E-state index in [2.05, 4.69) is 15.0 Å². The zero-order chi connectivity index (χ0) is 11.8. The second-order valence-corrected chi connectivity index (χ2v) is 4.24. The molecule has 1 aliphatic carbocycles. The molecule has 0 bridgehead atoms. The van der Waals surface area contributed by atoms with E-state index in [4.69, 9.17) is 5.73 Å². The molecule has 2 aromatic heterocycles. The monoisotopic (exact) mass is 233 g/mol. The Balaban J connectivity index is 1.94. The third-order valence-electron chi connectivity index (χ3n) is 3.03. The Kier molecular flexibility index (Phi) is 2.28. The number of hydrogen-bond acceptors (Lipinski definition) is 4. The van der Waals surface area contributed by atoms with Gasteiger partial charge in [0, 0.05) is 6.54 Å². The Morgan fingerprint density at radius 2 is 2.29 bits per heavy atom. The number of rotatable bonds is 2. The van der Waals surface area contributed by atoms with Crippen LogP contribution in [0.5, 0.6) is 0 Å². The van der Waals surface area contributed by atoms with Crippen LogP contribution in [0.1, 0.15) is 12.8 Å². The van der Waals surface area contributed by atoms with Gasteiger partial charge in [-0.25, -0.2) is 19.3 Å². The van der Waals surface area contributed by atoms with Gasteiger partial charge in [-0.15, -0.1) is 0 Å². The van der Waals surface area contributed by atoms with Crippen molar-refractivity contribution in [1.29, 1.82) is 0 Å². The SMILES string of the molecule is Nc1ncnc2c1ncn2C[C@H]1C=C(F)CC1. The summed E-state index contributed by atoms with van der Waals surface area (Å²) in [4.78, 5) is 12.2. The summed E-state index contributed by atoms with van der Waals surface area (Å²) in [5, 5.41) is 0. The molecule has 0 saturated heterocycles. The number of halogens is 1. The third kappa shape index (κ3) is 1.75. The van der Waals surface area contributed by atoms with Crippen LogP contribution >= 0.6 is 0 Å². The molecule has 2 heterocycles. The summed E-state index contributed by atoms with van der Waals surface area (Å²) in [5.74, 6) is 0.569. The van der Waals surface area contributed by atoms with Crippen LogP contribution in [-0.2, 0) is 6.54 Å². The summed E-state index contributed by atoms with van der Waals surface area (Å²) >= 11 is 0. The number of fused-ring (bicyclic) bond motifs is 1.